The molecule has 0 unspecified atom stereocenters. The van der Waals surface area contributed by atoms with Gasteiger partial charge in [-0.25, -0.2) is 0 Å². The Hall–Kier alpha value is -1.61. The van der Waals surface area contributed by atoms with E-state index in [2.05, 4.69) is 6.58 Å². The Morgan fingerprint density at radius 2 is 2.07 bits per heavy atom. The van der Waals surface area contributed by atoms with E-state index in [0.717, 1.165) is 5.69 Å². The molecule has 0 saturated carbocycles. The highest BCUT2D eigenvalue weighted by molar-refractivity contribution is 5.94. The minimum absolute atomic E-state index is 0.0166. The molecule has 0 radical (unpaired) electrons. The molecular formula is C11H14N2O. The fourth-order valence-corrected chi connectivity index (χ4v) is 1.20. The first-order valence-corrected chi connectivity index (χ1v) is 4.46. The third-order valence-electron chi connectivity index (χ3n) is 1.86. The number of carbonyl (C=O) groups excluding carboxylic acids is 1. The molecule has 0 aliphatic carbocycles. The van der Waals surface area contributed by atoms with Crippen molar-refractivity contribution in [2.45, 2.75) is 0 Å². The first-order valence-electron chi connectivity index (χ1n) is 4.46. The van der Waals surface area contributed by atoms with Crippen LogP contribution in [0.1, 0.15) is 0 Å². The van der Waals surface area contributed by atoms with Crippen LogP contribution < -0.4 is 10.6 Å². The van der Waals surface area contributed by atoms with E-state index in [0.29, 0.717) is 6.54 Å². The summed E-state index contributed by atoms with van der Waals surface area (Å²) >= 11 is 0. The molecule has 2 N–H and O–H groups in total. The summed E-state index contributed by atoms with van der Waals surface area (Å²) in [5.74, 6) is -0.101. The zero-order chi connectivity index (χ0) is 10.4. The second kappa shape index (κ2) is 5.19. The molecule has 0 spiro atoms. The summed E-state index contributed by atoms with van der Waals surface area (Å²) in [6.07, 6.45) is 1.68. The summed E-state index contributed by atoms with van der Waals surface area (Å²) in [6, 6.07) is 9.42. The predicted octanol–water partition coefficient (Wildman–Crippen LogP) is 1.16. The van der Waals surface area contributed by atoms with Crippen LogP contribution in [-0.2, 0) is 4.79 Å². The van der Waals surface area contributed by atoms with Crippen molar-refractivity contribution >= 4 is 11.6 Å². The Morgan fingerprint density at radius 3 is 2.57 bits per heavy atom. The highest BCUT2D eigenvalue weighted by Crippen LogP contribution is 2.12. The van der Waals surface area contributed by atoms with Crippen LogP contribution in [0, 0.1) is 0 Å². The van der Waals surface area contributed by atoms with Gasteiger partial charge in [-0.2, -0.15) is 0 Å². The van der Waals surface area contributed by atoms with Crippen LogP contribution in [0.5, 0.6) is 0 Å². The lowest BCUT2D eigenvalue weighted by molar-refractivity contribution is -0.117. The molecular weight excluding hydrogens is 176 g/mol. The van der Waals surface area contributed by atoms with Crippen LogP contribution in [-0.4, -0.2) is 19.0 Å². The van der Waals surface area contributed by atoms with Crippen molar-refractivity contribution in [3.63, 3.8) is 0 Å². The molecule has 0 atom stereocenters. The van der Waals surface area contributed by atoms with Crippen molar-refractivity contribution in [2.75, 3.05) is 18.0 Å². The van der Waals surface area contributed by atoms with Gasteiger partial charge in [-0.3, -0.25) is 4.79 Å². The molecule has 0 bridgehead atoms. The van der Waals surface area contributed by atoms with Gasteiger partial charge in [0.15, 0.2) is 0 Å². The van der Waals surface area contributed by atoms with Gasteiger partial charge in [0.25, 0.3) is 0 Å². The van der Waals surface area contributed by atoms with Crippen LogP contribution in [0.3, 0.4) is 0 Å². The van der Waals surface area contributed by atoms with E-state index >= 15 is 0 Å². The van der Waals surface area contributed by atoms with Crippen molar-refractivity contribution < 1.29 is 4.79 Å². The van der Waals surface area contributed by atoms with Gasteiger partial charge in [0.2, 0.25) is 5.91 Å². The van der Waals surface area contributed by atoms with E-state index in [1.54, 1.807) is 11.0 Å². The molecule has 1 aromatic rings. The number of para-hydroxylation sites is 1. The average Bonchev–Trinajstić information content (AvgIpc) is 2.26. The Balaban J connectivity index is 2.88. The normalized spacial score (nSPS) is 9.50. The molecule has 14 heavy (non-hydrogen) atoms. The van der Waals surface area contributed by atoms with Gasteiger partial charge < -0.3 is 10.6 Å². The summed E-state index contributed by atoms with van der Waals surface area (Å²) in [4.78, 5) is 13.1. The minimum Gasteiger partial charge on any atom is -0.322 e. The number of rotatable bonds is 4. The van der Waals surface area contributed by atoms with Crippen molar-refractivity contribution in [3.05, 3.63) is 43.0 Å². The minimum atomic E-state index is -0.101. The lowest BCUT2D eigenvalue weighted by Gasteiger charge is -2.20. The standard InChI is InChI=1S/C11H14N2O/c1-2-8-13(11(14)9-12)10-6-4-3-5-7-10/h2-7H,1,8-9,12H2. The molecule has 0 aromatic heterocycles. The maximum atomic E-state index is 11.5. The molecule has 1 rings (SSSR count). The van der Waals surface area contributed by atoms with Gasteiger partial charge in [-0.15, -0.1) is 6.58 Å². The first-order chi connectivity index (χ1) is 6.79. The smallest absolute Gasteiger partial charge is 0.241 e. The summed E-state index contributed by atoms with van der Waals surface area (Å²) in [5.41, 5.74) is 6.16. The van der Waals surface area contributed by atoms with Gasteiger partial charge in [0, 0.05) is 12.2 Å². The highest BCUT2D eigenvalue weighted by Gasteiger charge is 2.11. The van der Waals surface area contributed by atoms with Crippen LogP contribution in [0.4, 0.5) is 5.69 Å². The fourth-order valence-electron chi connectivity index (χ4n) is 1.20. The van der Waals surface area contributed by atoms with Crippen molar-refractivity contribution in [1.29, 1.82) is 0 Å². The number of hydrogen-bond donors (Lipinski definition) is 1. The second-order valence-electron chi connectivity index (χ2n) is 2.83. The summed E-state index contributed by atoms with van der Waals surface area (Å²) in [7, 11) is 0. The highest BCUT2D eigenvalue weighted by atomic mass is 16.2. The average molecular weight is 190 g/mol. The Bertz CT molecular complexity index is 308. The van der Waals surface area contributed by atoms with Crippen molar-refractivity contribution in [1.82, 2.24) is 0 Å². The summed E-state index contributed by atoms with van der Waals surface area (Å²) in [5, 5.41) is 0. The zero-order valence-electron chi connectivity index (χ0n) is 8.02. The molecule has 0 saturated heterocycles. The number of benzene rings is 1. The number of nitrogens with two attached hydrogens (primary N) is 1. The number of anilines is 1. The Labute approximate surface area is 83.8 Å². The van der Waals surface area contributed by atoms with Crippen molar-refractivity contribution in [3.8, 4) is 0 Å². The fraction of sp³-hybridized carbons (Fsp3) is 0.182. The number of hydrogen-bond acceptors (Lipinski definition) is 2. The van der Waals surface area contributed by atoms with E-state index in [1.807, 2.05) is 30.3 Å². The van der Waals surface area contributed by atoms with Crippen LogP contribution in [0.25, 0.3) is 0 Å². The van der Waals surface area contributed by atoms with Gasteiger partial charge >= 0.3 is 0 Å². The van der Waals surface area contributed by atoms with E-state index in [4.69, 9.17) is 5.73 Å². The maximum Gasteiger partial charge on any atom is 0.241 e. The molecule has 0 heterocycles. The number of nitrogens with zero attached hydrogens (tertiary/aromatic N) is 1. The molecule has 1 amide bonds. The van der Waals surface area contributed by atoms with Gasteiger partial charge in [0.1, 0.15) is 0 Å². The van der Waals surface area contributed by atoms with E-state index in [1.165, 1.54) is 0 Å². The largest absolute Gasteiger partial charge is 0.322 e. The lowest BCUT2D eigenvalue weighted by Crippen LogP contribution is -2.36. The molecule has 0 aliphatic heterocycles. The van der Waals surface area contributed by atoms with Gasteiger partial charge in [-0.1, -0.05) is 24.3 Å². The van der Waals surface area contributed by atoms with E-state index in [9.17, 15) is 4.79 Å². The predicted molar refractivity (Wildman–Crippen MR) is 58.0 cm³/mol. The summed E-state index contributed by atoms with van der Waals surface area (Å²) < 4.78 is 0. The third-order valence-corrected chi connectivity index (χ3v) is 1.86. The number of carbonyl (C=O) groups is 1. The first kappa shape index (κ1) is 10.5. The Morgan fingerprint density at radius 1 is 1.43 bits per heavy atom. The molecule has 3 heteroatoms. The number of amides is 1. The van der Waals surface area contributed by atoms with Crippen LogP contribution in [0.15, 0.2) is 43.0 Å². The molecule has 0 fully saturated rings. The van der Waals surface area contributed by atoms with Crippen molar-refractivity contribution in [2.24, 2.45) is 5.73 Å². The monoisotopic (exact) mass is 190 g/mol. The second-order valence-corrected chi connectivity index (χ2v) is 2.83. The maximum absolute atomic E-state index is 11.5. The lowest BCUT2D eigenvalue weighted by atomic mass is 10.3. The topological polar surface area (TPSA) is 46.3 Å². The van der Waals surface area contributed by atoms with E-state index < -0.39 is 0 Å². The molecule has 1 aromatic carbocycles. The molecule has 3 nitrogen and oxygen atoms in total. The Kier molecular flexibility index (Phi) is 3.88. The quantitative estimate of drug-likeness (QED) is 0.724. The zero-order valence-corrected chi connectivity index (χ0v) is 8.02. The third kappa shape index (κ3) is 2.44. The summed E-state index contributed by atoms with van der Waals surface area (Å²) in [6.45, 7) is 4.11. The SMILES string of the molecule is C=CCN(C(=O)CN)c1ccccc1. The molecule has 0 aliphatic rings. The van der Waals surface area contributed by atoms with Crippen LogP contribution in [0.2, 0.25) is 0 Å². The van der Waals surface area contributed by atoms with Gasteiger partial charge in [-0.05, 0) is 12.1 Å². The molecule has 74 valence electrons. The van der Waals surface area contributed by atoms with Crippen LogP contribution >= 0.6 is 0 Å². The van der Waals surface area contributed by atoms with Gasteiger partial charge in [0.05, 0.1) is 6.54 Å². The van der Waals surface area contributed by atoms with E-state index in [-0.39, 0.29) is 12.5 Å².